The van der Waals surface area contributed by atoms with Gasteiger partial charge in [-0.05, 0) is 61.8 Å². The number of fused-ring (bicyclic) bond motifs is 2. The lowest BCUT2D eigenvalue weighted by molar-refractivity contribution is -0.123. The Morgan fingerprint density at radius 1 is 1.21 bits per heavy atom. The van der Waals surface area contributed by atoms with Gasteiger partial charge in [-0.25, -0.2) is 4.39 Å². The minimum absolute atomic E-state index is 0. The molecule has 0 spiro atoms. The summed E-state index contributed by atoms with van der Waals surface area (Å²) in [6, 6.07) is 7.05. The number of nitrogens with two attached hydrogens (primary N) is 1. The van der Waals surface area contributed by atoms with Gasteiger partial charge in [-0.3, -0.25) is 4.79 Å². The van der Waals surface area contributed by atoms with Crippen molar-refractivity contribution in [3.63, 3.8) is 0 Å². The standard InChI is InChI=1S/C18H25FN2OS.ClH/c19-14-4-6-16(7-5-14)23-9-8-17(22)21-18-12-2-1-3-13(18)11-15(20)10-12;/h4-7,12-13,15,18H,1-3,8-11,20H2,(H,21,22);1H. The van der Waals surface area contributed by atoms with E-state index in [1.54, 1.807) is 23.9 Å². The van der Waals surface area contributed by atoms with Crippen LogP contribution in [-0.2, 0) is 4.79 Å². The molecule has 0 saturated heterocycles. The van der Waals surface area contributed by atoms with Gasteiger partial charge in [0.2, 0.25) is 5.91 Å². The van der Waals surface area contributed by atoms with Crippen molar-refractivity contribution in [1.29, 1.82) is 0 Å². The molecule has 1 amide bonds. The molecule has 6 heteroatoms. The first-order valence-electron chi connectivity index (χ1n) is 8.55. The van der Waals surface area contributed by atoms with Crippen molar-refractivity contribution in [2.45, 2.75) is 55.5 Å². The zero-order valence-corrected chi connectivity index (χ0v) is 15.4. The van der Waals surface area contributed by atoms with Crippen molar-refractivity contribution in [3.8, 4) is 0 Å². The van der Waals surface area contributed by atoms with Crippen molar-refractivity contribution in [2.24, 2.45) is 17.6 Å². The Hall–Kier alpha value is -0.780. The van der Waals surface area contributed by atoms with Crippen LogP contribution >= 0.6 is 24.2 Å². The summed E-state index contributed by atoms with van der Waals surface area (Å²) in [7, 11) is 0. The zero-order valence-electron chi connectivity index (χ0n) is 13.7. The molecule has 2 aliphatic carbocycles. The summed E-state index contributed by atoms with van der Waals surface area (Å²) in [5, 5.41) is 3.27. The molecule has 1 aromatic rings. The molecule has 0 radical (unpaired) electrons. The normalized spacial score (nSPS) is 28.8. The van der Waals surface area contributed by atoms with Gasteiger partial charge in [-0.2, -0.15) is 0 Å². The van der Waals surface area contributed by atoms with E-state index >= 15 is 0 Å². The van der Waals surface area contributed by atoms with E-state index in [1.807, 2.05) is 0 Å². The molecule has 1 aromatic carbocycles. The van der Waals surface area contributed by atoms with Crippen LogP contribution in [0.4, 0.5) is 4.39 Å². The molecule has 2 unspecified atom stereocenters. The second-order valence-corrected chi connectivity index (χ2v) is 8.00. The van der Waals surface area contributed by atoms with Gasteiger partial charge < -0.3 is 11.1 Å². The highest BCUT2D eigenvalue weighted by atomic mass is 35.5. The largest absolute Gasteiger partial charge is 0.353 e. The van der Waals surface area contributed by atoms with Gasteiger partial charge in [0.1, 0.15) is 5.82 Å². The molecule has 2 fully saturated rings. The van der Waals surface area contributed by atoms with Crippen molar-refractivity contribution < 1.29 is 9.18 Å². The fourth-order valence-electron chi connectivity index (χ4n) is 4.08. The van der Waals surface area contributed by atoms with Crippen LogP contribution in [0, 0.1) is 17.7 Å². The zero-order chi connectivity index (χ0) is 16.2. The minimum atomic E-state index is -0.228. The first-order chi connectivity index (χ1) is 11.1. The number of carbonyl (C=O) groups is 1. The second-order valence-electron chi connectivity index (χ2n) is 6.83. The SMILES string of the molecule is Cl.NC1CC2CCCC(C1)C2NC(=O)CCSc1ccc(F)cc1. The molecular formula is C18H26ClFN2OS. The number of nitrogens with one attached hydrogen (secondary N) is 1. The number of halogens is 2. The first-order valence-corrected chi connectivity index (χ1v) is 9.53. The van der Waals surface area contributed by atoms with Crippen LogP contribution < -0.4 is 11.1 Å². The molecule has 2 saturated carbocycles. The van der Waals surface area contributed by atoms with Crippen LogP contribution in [0.15, 0.2) is 29.2 Å². The smallest absolute Gasteiger partial charge is 0.221 e. The number of thioether (sulfide) groups is 1. The summed E-state index contributed by atoms with van der Waals surface area (Å²) >= 11 is 1.59. The average molecular weight is 373 g/mol. The maximum absolute atomic E-state index is 12.9. The van der Waals surface area contributed by atoms with E-state index in [0.29, 0.717) is 30.3 Å². The van der Waals surface area contributed by atoms with Crippen molar-refractivity contribution in [1.82, 2.24) is 5.32 Å². The first kappa shape index (κ1) is 19.5. The molecule has 24 heavy (non-hydrogen) atoms. The molecule has 0 aliphatic heterocycles. The van der Waals surface area contributed by atoms with E-state index in [2.05, 4.69) is 5.32 Å². The highest BCUT2D eigenvalue weighted by Crippen LogP contribution is 2.39. The van der Waals surface area contributed by atoms with Gasteiger partial charge in [-0.1, -0.05) is 6.42 Å². The van der Waals surface area contributed by atoms with Crippen LogP contribution in [0.1, 0.15) is 38.5 Å². The quantitative estimate of drug-likeness (QED) is 0.774. The van der Waals surface area contributed by atoms with Gasteiger partial charge in [-0.15, -0.1) is 24.2 Å². The Balaban J connectivity index is 0.00000208. The number of benzene rings is 1. The lowest BCUT2D eigenvalue weighted by Gasteiger charge is -2.45. The fraction of sp³-hybridized carbons (Fsp3) is 0.611. The molecule has 0 aromatic heterocycles. The Kier molecular flexibility index (Phi) is 7.38. The molecule has 3 rings (SSSR count). The molecule has 134 valence electrons. The molecule has 2 atom stereocenters. The average Bonchev–Trinajstić information content (AvgIpc) is 2.50. The highest BCUT2D eigenvalue weighted by Gasteiger charge is 2.39. The topological polar surface area (TPSA) is 55.1 Å². The second kappa shape index (κ2) is 9.07. The predicted molar refractivity (Wildman–Crippen MR) is 99.0 cm³/mol. The van der Waals surface area contributed by atoms with Crippen molar-refractivity contribution in [2.75, 3.05) is 5.75 Å². The molecule has 2 bridgehead atoms. The summed E-state index contributed by atoms with van der Waals surface area (Å²) in [6.07, 6.45) is 6.26. The van der Waals surface area contributed by atoms with Crippen molar-refractivity contribution in [3.05, 3.63) is 30.1 Å². The molecule has 0 heterocycles. The Morgan fingerprint density at radius 2 is 1.83 bits per heavy atom. The molecule has 3 N–H and O–H groups in total. The van der Waals surface area contributed by atoms with Crippen molar-refractivity contribution >= 4 is 30.1 Å². The third-order valence-electron chi connectivity index (χ3n) is 5.12. The molecular weight excluding hydrogens is 347 g/mol. The van der Waals surface area contributed by atoms with E-state index < -0.39 is 0 Å². The van der Waals surface area contributed by atoms with Gasteiger partial charge >= 0.3 is 0 Å². The summed E-state index contributed by atoms with van der Waals surface area (Å²) in [5.41, 5.74) is 6.13. The maximum atomic E-state index is 12.9. The Morgan fingerprint density at radius 3 is 2.46 bits per heavy atom. The van der Waals surface area contributed by atoms with Gasteiger partial charge in [0.15, 0.2) is 0 Å². The van der Waals surface area contributed by atoms with E-state index in [9.17, 15) is 9.18 Å². The molecule has 3 nitrogen and oxygen atoms in total. The van der Waals surface area contributed by atoms with E-state index in [0.717, 1.165) is 23.5 Å². The van der Waals surface area contributed by atoms with Gasteiger partial charge in [0.05, 0.1) is 0 Å². The van der Waals surface area contributed by atoms with Crippen LogP contribution in [-0.4, -0.2) is 23.7 Å². The highest BCUT2D eigenvalue weighted by molar-refractivity contribution is 7.99. The fourth-order valence-corrected chi connectivity index (χ4v) is 4.93. The van der Waals surface area contributed by atoms with Crippen LogP contribution in [0.2, 0.25) is 0 Å². The van der Waals surface area contributed by atoms with Crippen LogP contribution in [0.25, 0.3) is 0 Å². The van der Waals surface area contributed by atoms with Gasteiger partial charge in [0.25, 0.3) is 0 Å². The minimum Gasteiger partial charge on any atom is -0.353 e. The van der Waals surface area contributed by atoms with E-state index in [4.69, 9.17) is 5.73 Å². The molecule has 2 aliphatic rings. The monoisotopic (exact) mass is 372 g/mol. The number of amides is 1. The third kappa shape index (κ3) is 5.11. The van der Waals surface area contributed by atoms with Crippen LogP contribution in [0.5, 0.6) is 0 Å². The summed E-state index contributed by atoms with van der Waals surface area (Å²) < 4.78 is 12.9. The van der Waals surface area contributed by atoms with Crippen LogP contribution in [0.3, 0.4) is 0 Å². The lowest BCUT2D eigenvalue weighted by Crippen LogP contribution is -2.53. The Bertz CT molecular complexity index is 528. The number of hydrogen-bond donors (Lipinski definition) is 2. The third-order valence-corrected chi connectivity index (χ3v) is 6.13. The van der Waals surface area contributed by atoms with E-state index in [1.165, 1.54) is 31.4 Å². The van der Waals surface area contributed by atoms with Gasteiger partial charge in [0, 0.05) is 29.2 Å². The number of rotatable bonds is 5. The number of carbonyl (C=O) groups excluding carboxylic acids is 1. The summed E-state index contributed by atoms with van der Waals surface area (Å²) in [5.74, 6) is 1.75. The predicted octanol–water partition coefficient (Wildman–Crippen LogP) is 3.75. The van der Waals surface area contributed by atoms with E-state index in [-0.39, 0.29) is 24.1 Å². The number of hydrogen-bond acceptors (Lipinski definition) is 3. The lowest BCUT2D eigenvalue weighted by atomic mass is 9.67. The Labute approximate surface area is 153 Å². The summed E-state index contributed by atoms with van der Waals surface area (Å²) in [4.78, 5) is 13.3. The summed E-state index contributed by atoms with van der Waals surface area (Å²) in [6.45, 7) is 0. The maximum Gasteiger partial charge on any atom is 0.221 e.